The molecule has 1 atom stereocenters. The lowest BCUT2D eigenvalue weighted by atomic mass is 10.0. The second-order valence-corrected chi connectivity index (χ2v) is 10.9. The minimum absolute atomic E-state index is 0.0417. The van der Waals surface area contributed by atoms with Gasteiger partial charge in [0.1, 0.15) is 23.2 Å². The summed E-state index contributed by atoms with van der Waals surface area (Å²) in [5, 5.41) is 14.8. The maximum atomic E-state index is 14.4. The molecule has 1 unspecified atom stereocenters. The van der Waals surface area contributed by atoms with Crippen LogP contribution in [-0.4, -0.2) is 34.7 Å². The van der Waals surface area contributed by atoms with Crippen LogP contribution in [0.2, 0.25) is 0 Å². The molecule has 0 aliphatic heterocycles. The van der Waals surface area contributed by atoms with Gasteiger partial charge in [-0.2, -0.15) is 0 Å². The average Bonchev–Trinajstić information content (AvgIpc) is 3.42. The first-order chi connectivity index (χ1) is 20.3. The van der Waals surface area contributed by atoms with Gasteiger partial charge in [-0.25, -0.2) is 14.0 Å². The molecular weight excluding hydrogens is 551 g/mol. The highest BCUT2D eigenvalue weighted by Crippen LogP contribution is 2.23. The van der Waals surface area contributed by atoms with Gasteiger partial charge in [-0.1, -0.05) is 41.7 Å². The predicted octanol–water partition coefficient (Wildman–Crippen LogP) is 6.57. The number of anilines is 1. The van der Waals surface area contributed by atoms with Gasteiger partial charge in [-0.05, 0) is 87.9 Å². The molecule has 43 heavy (non-hydrogen) atoms. The molecule has 0 bridgehead atoms. The molecule has 8 nitrogen and oxygen atoms in total. The fourth-order valence-electron chi connectivity index (χ4n) is 4.04. The van der Waals surface area contributed by atoms with E-state index in [9.17, 15) is 23.9 Å². The SMILES string of the molecule is Cc1ccc(-c2ccc(C(=O)NC(Cc3cc(F)cc(C#Cc4ccc(NC(=O)OC(C)(C)C)cc4)c3)C(=O)O)o2)cc1. The van der Waals surface area contributed by atoms with E-state index in [2.05, 4.69) is 22.5 Å². The zero-order valence-electron chi connectivity index (χ0n) is 24.2. The molecule has 0 fully saturated rings. The van der Waals surface area contributed by atoms with Crippen LogP contribution in [0.4, 0.5) is 14.9 Å². The van der Waals surface area contributed by atoms with Gasteiger partial charge in [0.2, 0.25) is 0 Å². The summed E-state index contributed by atoms with van der Waals surface area (Å²) in [6, 6.07) is 20.0. The van der Waals surface area contributed by atoms with Gasteiger partial charge in [-0.3, -0.25) is 10.1 Å². The first-order valence-electron chi connectivity index (χ1n) is 13.5. The number of amides is 2. The van der Waals surface area contributed by atoms with E-state index in [1.165, 1.54) is 18.2 Å². The zero-order valence-corrected chi connectivity index (χ0v) is 24.2. The summed E-state index contributed by atoms with van der Waals surface area (Å²) in [5.74, 6) is 3.65. The van der Waals surface area contributed by atoms with Crippen molar-refractivity contribution in [2.75, 3.05) is 5.32 Å². The molecule has 4 aromatic rings. The summed E-state index contributed by atoms with van der Waals surface area (Å²) in [5.41, 5.74) is 3.04. The lowest BCUT2D eigenvalue weighted by Crippen LogP contribution is -2.42. The molecule has 0 spiro atoms. The molecule has 0 saturated heterocycles. The van der Waals surface area contributed by atoms with Gasteiger partial charge in [0.05, 0.1) is 0 Å². The molecule has 0 aliphatic rings. The first-order valence-corrected chi connectivity index (χ1v) is 13.5. The van der Waals surface area contributed by atoms with Gasteiger partial charge < -0.3 is 19.6 Å². The third-order valence-corrected chi connectivity index (χ3v) is 6.05. The Morgan fingerprint density at radius 3 is 2.26 bits per heavy atom. The Kier molecular flexibility index (Phi) is 9.31. The Labute approximate surface area is 248 Å². The van der Waals surface area contributed by atoms with E-state index < -0.39 is 35.4 Å². The molecule has 4 rings (SSSR count). The third-order valence-electron chi connectivity index (χ3n) is 6.05. The van der Waals surface area contributed by atoms with Crippen LogP contribution in [0, 0.1) is 24.6 Å². The standard InChI is InChI=1S/C34H31FN2O6/c1-21-5-11-25(12-6-21)29-15-16-30(42-29)31(38)37-28(32(39)40)20-24-17-23(18-26(35)19-24)8-7-22-9-13-27(14-10-22)36-33(41)43-34(2,3)4/h5-6,9-19,28H,20H2,1-4H3,(H,36,41)(H,37,38)(H,39,40). The molecule has 9 heteroatoms. The summed E-state index contributed by atoms with van der Waals surface area (Å²) in [4.78, 5) is 36.7. The van der Waals surface area contributed by atoms with E-state index in [1.807, 2.05) is 31.2 Å². The van der Waals surface area contributed by atoms with E-state index in [-0.39, 0.29) is 12.2 Å². The van der Waals surface area contributed by atoms with Gasteiger partial charge >= 0.3 is 12.1 Å². The quantitative estimate of drug-likeness (QED) is 0.212. The summed E-state index contributed by atoms with van der Waals surface area (Å²) in [6.07, 6.45) is -0.755. The number of carbonyl (C=O) groups excluding carboxylic acids is 2. The highest BCUT2D eigenvalue weighted by molar-refractivity contribution is 5.94. The second kappa shape index (κ2) is 13.1. The smallest absolute Gasteiger partial charge is 0.412 e. The molecule has 0 aliphatic carbocycles. The molecule has 220 valence electrons. The van der Waals surface area contributed by atoms with Crippen LogP contribution in [0.1, 0.15) is 53.6 Å². The fourth-order valence-corrected chi connectivity index (χ4v) is 4.04. The lowest BCUT2D eigenvalue weighted by molar-refractivity contribution is -0.139. The number of hydrogen-bond donors (Lipinski definition) is 3. The predicted molar refractivity (Wildman–Crippen MR) is 160 cm³/mol. The minimum atomic E-state index is -1.34. The Bertz CT molecular complexity index is 1690. The van der Waals surface area contributed by atoms with Crippen molar-refractivity contribution in [3.8, 4) is 23.2 Å². The summed E-state index contributed by atoms with van der Waals surface area (Å²) in [6.45, 7) is 7.26. The van der Waals surface area contributed by atoms with Crippen molar-refractivity contribution in [3.63, 3.8) is 0 Å². The lowest BCUT2D eigenvalue weighted by Gasteiger charge is -2.19. The molecule has 0 saturated carbocycles. The number of benzene rings is 3. The number of carboxylic acid groups (broad SMARTS) is 1. The number of halogens is 1. The van der Waals surface area contributed by atoms with E-state index in [0.29, 0.717) is 28.1 Å². The zero-order chi connectivity index (χ0) is 31.1. The summed E-state index contributed by atoms with van der Waals surface area (Å²) >= 11 is 0. The summed E-state index contributed by atoms with van der Waals surface area (Å²) in [7, 11) is 0. The van der Waals surface area contributed by atoms with Crippen LogP contribution in [0.25, 0.3) is 11.3 Å². The Morgan fingerprint density at radius 2 is 1.60 bits per heavy atom. The van der Waals surface area contributed by atoms with Crippen LogP contribution in [-0.2, 0) is 16.0 Å². The normalized spacial score (nSPS) is 11.6. The van der Waals surface area contributed by atoms with Crippen LogP contribution in [0.3, 0.4) is 0 Å². The summed E-state index contributed by atoms with van der Waals surface area (Å²) < 4.78 is 25.3. The number of aliphatic carboxylic acids is 1. The van der Waals surface area contributed by atoms with Crippen molar-refractivity contribution < 1.29 is 33.0 Å². The van der Waals surface area contributed by atoms with Crippen molar-refractivity contribution in [1.82, 2.24) is 5.32 Å². The van der Waals surface area contributed by atoms with Crippen molar-refractivity contribution in [2.24, 2.45) is 0 Å². The van der Waals surface area contributed by atoms with Crippen LogP contribution in [0.15, 0.2) is 83.3 Å². The average molecular weight is 583 g/mol. The maximum Gasteiger partial charge on any atom is 0.412 e. The third kappa shape index (κ3) is 9.07. The van der Waals surface area contributed by atoms with E-state index >= 15 is 0 Å². The Hall–Kier alpha value is -5.36. The molecule has 3 aromatic carbocycles. The van der Waals surface area contributed by atoms with E-state index in [4.69, 9.17) is 9.15 Å². The minimum Gasteiger partial charge on any atom is -0.480 e. The van der Waals surface area contributed by atoms with Gasteiger partial charge in [0, 0.05) is 28.8 Å². The van der Waals surface area contributed by atoms with Crippen molar-refractivity contribution >= 4 is 23.7 Å². The number of carbonyl (C=O) groups is 3. The number of furan rings is 1. The van der Waals surface area contributed by atoms with Crippen LogP contribution < -0.4 is 10.6 Å². The van der Waals surface area contributed by atoms with E-state index in [1.54, 1.807) is 57.2 Å². The van der Waals surface area contributed by atoms with Gasteiger partial charge in [0.15, 0.2) is 5.76 Å². The molecule has 2 amide bonds. The topological polar surface area (TPSA) is 118 Å². The molecule has 1 aromatic heterocycles. The van der Waals surface area contributed by atoms with E-state index in [0.717, 1.165) is 11.1 Å². The number of ether oxygens (including phenoxy) is 1. The van der Waals surface area contributed by atoms with Crippen LogP contribution >= 0.6 is 0 Å². The highest BCUT2D eigenvalue weighted by atomic mass is 19.1. The fraction of sp³-hybridized carbons (Fsp3) is 0.206. The molecule has 1 heterocycles. The molecule has 0 radical (unpaired) electrons. The van der Waals surface area contributed by atoms with Gasteiger partial charge in [-0.15, -0.1) is 0 Å². The number of nitrogens with one attached hydrogen (secondary N) is 2. The Morgan fingerprint density at radius 1 is 0.930 bits per heavy atom. The number of aryl methyl sites for hydroxylation is 1. The largest absolute Gasteiger partial charge is 0.480 e. The monoisotopic (exact) mass is 582 g/mol. The van der Waals surface area contributed by atoms with Gasteiger partial charge in [0.25, 0.3) is 5.91 Å². The molecule has 3 N–H and O–H groups in total. The maximum absolute atomic E-state index is 14.4. The van der Waals surface area contributed by atoms with Crippen molar-refractivity contribution in [2.45, 2.75) is 45.8 Å². The number of carboxylic acids is 1. The number of hydrogen-bond acceptors (Lipinski definition) is 5. The first kappa shape index (κ1) is 30.6. The van der Waals surface area contributed by atoms with Crippen LogP contribution in [0.5, 0.6) is 0 Å². The second-order valence-electron chi connectivity index (χ2n) is 10.9. The van der Waals surface area contributed by atoms with Crippen molar-refractivity contribution in [1.29, 1.82) is 0 Å². The molecular formula is C34H31FN2O6. The van der Waals surface area contributed by atoms with Crippen molar-refractivity contribution in [3.05, 3.63) is 113 Å². The Balaban J connectivity index is 1.42. The highest BCUT2D eigenvalue weighted by Gasteiger charge is 2.23. The number of rotatable bonds is 7.